The van der Waals surface area contributed by atoms with Crippen LogP contribution in [0.1, 0.15) is 24.8 Å². The zero-order valence-electron chi connectivity index (χ0n) is 10.8. The fourth-order valence-corrected chi connectivity index (χ4v) is 2.10. The monoisotopic (exact) mass is 257 g/mol. The fourth-order valence-electron chi connectivity index (χ4n) is 2.10. The van der Waals surface area contributed by atoms with Gasteiger partial charge < -0.3 is 10.2 Å². The summed E-state index contributed by atoms with van der Waals surface area (Å²) in [6.07, 6.45) is 6.60. The van der Waals surface area contributed by atoms with E-state index in [0.29, 0.717) is 0 Å². The predicted molar refractivity (Wildman–Crippen MR) is 74.1 cm³/mol. The van der Waals surface area contributed by atoms with E-state index >= 15 is 0 Å². The molecule has 1 fully saturated rings. The Bertz CT molecular complexity index is 462. The van der Waals surface area contributed by atoms with Crippen molar-refractivity contribution in [3.05, 3.63) is 41.6 Å². The van der Waals surface area contributed by atoms with E-state index in [-0.39, 0.29) is 11.7 Å². The molecule has 19 heavy (non-hydrogen) atoms. The van der Waals surface area contributed by atoms with E-state index in [4.69, 9.17) is 0 Å². The van der Waals surface area contributed by atoms with Crippen molar-refractivity contribution in [2.24, 2.45) is 0 Å². The molecule has 1 aromatic rings. The van der Waals surface area contributed by atoms with Crippen LogP contribution in [0.2, 0.25) is 0 Å². The SMILES string of the molecule is O=[C]C(=Cc1ccccc1)NC(=O)N1CCCCC1. The maximum absolute atomic E-state index is 12.0. The molecule has 0 atom stereocenters. The Morgan fingerprint density at radius 1 is 1.16 bits per heavy atom. The Balaban J connectivity index is 2.00. The third kappa shape index (κ3) is 3.95. The number of carbonyl (C=O) groups is 1. The topological polar surface area (TPSA) is 49.4 Å². The summed E-state index contributed by atoms with van der Waals surface area (Å²) in [7, 11) is 0. The molecule has 2 rings (SSSR count). The second-order valence-corrected chi connectivity index (χ2v) is 4.55. The molecule has 1 aromatic carbocycles. The lowest BCUT2D eigenvalue weighted by Gasteiger charge is -2.26. The zero-order chi connectivity index (χ0) is 13.5. The van der Waals surface area contributed by atoms with Gasteiger partial charge in [0.05, 0.1) is 5.70 Å². The number of piperidine rings is 1. The van der Waals surface area contributed by atoms with Crippen LogP contribution >= 0.6 is 0 Å². The number of amides is 2. The third-order valence-corrected chi connectivity index (χ3v) is 3.11. The summed E-state index contributed by atoms with van der Waals surface area (Å²) in [6.45, 7) is 1.51. The average molecular weight is 257 g/mol. The van der Waals surface area contributed by atoms with Crippen molar-refractivity contribution in [3.8, 4) is 0 Å². The van der Waals surface area contributed by atoms with Crippen LogP contribution in [0.15, 0.2) is 36.0 Å². The van der Waals surface area contributed by atoms with E-state index in [9.17, 15) is 9.59 Å². The van der Waals surface area contributed by atoms with E-state index in [1.165, 1.54) is 0 Å². The quantitative estimate of drug-likeness (QED) is 0.845. The summed E-state index contributed by atoms with van der Waals surface area (Å²) >= 11 is 0. The molecule has 0 aliphatic carbocycles. The van der Waals surface area contributed by atoms with E-state index in [1.54, 1.807) is 17.3 Å². The van der Waals surface area contributed by atoms with Gasteiger partial charge in [-0.05, 0) is 30.9 Å². The number of nitrogens with one attached hydrogen (secondary N) is 1. The standard InChI is InChI=1S/C15H17N2O2/c18-12-14(11-13-7-3-1-4-8-13)16-15(19)17-9-5-2-6-10-17/h1,3-4,7-8,11H,2,5-6,9-10H2,(H,16,19). The molecule has 4 heteroatoms. The molecule has 1 heterocycles. The number of hydrogen-bond acceptors (Lipinski definition) is 2. The fraction of sp³-hybridized carbons (Fsp3) is 0.333. The van der Waals surface area contributed by atoms with Crippen molar-refractivity contribution >= 4 is 18.4 Å². The number of allylic oxidation sites excluding steroid dienone is 1. The maximum atomic E-state index is 12.0. The van der Waals surface area contributed by atoms with Crippen molar-refractivity contribution in [2.75, 3.05) is 13.1 Å². The van der Waals surface area contributed by atoms with E-state index in [2.05, 4.69) is 5.32 Å². The summed E-state index contributed by atoms with van der Waals surface area (Å²) in [5.74, 6) is 0. The minimum absolute atomic E-state index is 0.168. The molecule has 0 unspecified atom stereocenters. The molecule has 1 aliphatic heterocycles. The van der Waals surface area contributed by atoms with Crippen molar-refractivity contribution in [2.45, 2.75) is 19.3 Å². The lowest BCUT2D eigenvalue weighted by Crippen LogP contribution is -2.42. The van der Waals surface area contributed by atoms with Crippen LogP contribution in [-0.2, 0) is 4.79 Å². The highest BCUT2D eigenvalue weighted by Gasteiger charge is 2.17. The minimum Gasteiger partial charge on any atom is -0.325 e. The number of hydrogen-bond donors (Lipinski definition) is 1. The Labute approximate surface area is 113 Å². The van der Waals surface area contributed by atoms with Crippen LogP contribution in [0.5, 0.6) is 0 Å². The molecule has 1 N–H and O–H groups in total. The summed E-state index contributed by atoms with van der Waals surface area (Å²) in [4.78, 5) is 24.6. The highest BCUT2D eigenvalue weighted by atomic mass is 16.2. The van der Waals surface area contributed by atoms with Gasteiger partial charge >= 0.3 is 6.03 Å². The highest BCUT2D eigenvalue weighted by molar-refractivity contribution is 5.89. The predicted octanol–water partition coefficient (Wildman–Crippen LogP) is 2.33. The summed E-state index contributed by atoms with van der Waals surface area (Å²) in [5.41, 5.74) is 1.03. The summed E-state index contributed by atoms with van der Waals surface area (Å²) < 4.78 is 0. The third-order valence-electron chi connectivity index (χ3n) is 3.11. The molecule has 0 aromatic heterocycles. The molecule has 4 nitrogen and oxygen atoms in total. The lowest BCUT2D eigenvalue weighted by atomic mass is 10.1. The number of urea groups is 1. The normalized spacial score (nSPS) is 16.0. The van der Waals surface area contributed by atoms with Crippen molar-refractivity contribution in [1.82, 2.24) is 10.2 Å². The molecule has 0 saturated carbocycles. The van der Waals surface area contributed by atoms with Crippen LogP contribution in [0, 0.1) is 0 Å². The first-order valence-corrected chi connectivity index (χ1v) is 6.50. The van der Waals surface area contributed by atoms with E-state index < -0.39 is 0 Å². The molecule has 0 spiro atoms. The smallest absolute Gasteiger partial charge is 0.321 e. The molecular weight excluding hydrogens is 240 g/mol. The van der Waals surface area contributed by atoms with Crippen LogP contribution in [-0.4, -0.2) is 30.3 Å². The summed E-state index contributed by atoms with van der Waals surface area (Å²) in [5, 5.41) is 2.61. The van der Waals surface area contributed by atoms with Crippen molar-refractivity contribution in [3.63, 3.8) is 0 Å². The second kappa shape index (κ2) is 6.73. The molecule has 1 radical (unpaired) electrons. The van der Waals surface area contributed by atoms with Gasteiger partial charge in [0.1, 0.15) is 0 Å². The van der Waals surface area contributed by atoms with Gasteiger partial charge in [-0.2, -0.15) is 0 Å². The van der Waals surface area contributed by atoms with E-state index in [0.717, 1.165) is 37.9 Å². The Morgan fingerprint density at radius 3 is 2.47 bits per heavy atom. The maximum Gasteiger partial charge on any atom is 0.321 e. The first kappa shape index (κ1) is 13.3. The molecule has 1 aliphatic rings. The Hall–Kier alpha value is -2.10. The van der Waals surface area contributed by atoms with E-state index in [1.807, 2.05) is 30.3 Å². The van der Waals surface area contributed by atoms with Crippen LogP contribution < -0.4 is 5.32 Å². The lowest BCUT2D eigenvalue weighted by molar-refractivity contribution is 0.189. The zero-order valence-corrected chi connectivity index (χ0v) is 10.8. The van der Waals surface area contributed by atoms with Gasteiger partial charge in [0.25, 0.3) is 6.29 Å². The highest BCUT2D eigenvalue weighted by Crippen LogP contribution is 2.09. The molecule has 2 amide bonds. The van der Waals surface area contributed by atoms with Crippen molar-refractivity contribution in [1.29, 1.82) is 0 Å². The van der Waals surface area contributed by atoms with Gasteiger partial charge in [0.15, 0.2) is 0 Å². The first-order valence-electron chi connectivity index (χ1n) is 6.50. The van der Waals surface area contributed by atoms with Crippen LogP contribution in [0.4, 0.5) is 4.79 Å². The number of rotatable bonds is 3. The number of benzene rings is 1. The molecule has 0 bridgehead atoms. The number of likely N-dealkylation sites (tertiary alicyclic amines) is 1. The second-order valence-electron chi connectivity index (χ2n) is 4.55. The molecule has 1 saturated heterocycles. The first-order chi connectivity index (χ1) is 9.29. The van der Waals surface area contributed by atoms with Crippen LogP contribution in [0.3, 0.4) is 0 Å². The largest absolute Gasteiger partial charge is 0.325 e. The number of carbonyl (C=O) groups excluding carboxylic acids is 2. The van der Waals surface area contributed by atoms with Gasteiger partial charge in [0, 0.05) is 13.1 Å². The van der Waals surface area contributed by atoms with Gasteiger partial charge in [-0.25, -0.2) is 4.79 Å². The Morgan fingerprint density at radius 2 is 1.84 bits per heavy atom. The van der Waals surface area contributed by atoms with Crippen LogP contribution in [0.25, 0.3) is 6.08 Å². The van der Waals surface area contributed by atoms with Gasteiger partial charge in [0.2, 0.25) is 0 Å². The molecular formula is C15H17N2O2. The minimum atomic E-state index is -0.217. The Kier molecular flexibility index (Phi) is 4.72. The number of nitrogens with zero attached hydrogens (tertiary/aromatic N) is 1. The van der Waals surface area contributed by atoms with Gasteiger partial charge in [-0.3, -0.25) is 4.79 Å². The molecule has 99 valence electrons. The van der Waals surface area contributed by atoms with Gasteiger partial charge in [-0.15, -0.1) is 0 Å². The van der Waals surface area contributed by atoms with Gasteiger partial charge in [-0.1, -0.05) is 30.3 Å². The summed E-state index contributed by atoms with van der Waals surface area (Å²) in [6, 6.07) is 9.16. The van der Waals surface area contributed by atoms with Crippen molar-refractivity contribution < 1.29 is 9.59 Å². The average Bonchev–Trinajstić information content (AvgIpc) is 2.48.